The SMILES string of the molecule is CSc1noc(N)c1Cl. The fraction of sp³-hybridized carbons (Fsp3) is 0.250. The topological polar surface area (TPSA) is 52.0 Å². The molecule has 0 bridgehead atoms. The third kappa shape index (κ3) is 1.14. The van der Waals surface area contributed by atoms with E-state index in [1.54, 1.807) is 0 Å². The minimum Gasteiger partial charge on any atom is -0.366 e. The molecular weight excluding hydrogens is 160 g/mol. The molecule has 0 radical (unpaired) electrons. The molecule has 0 aliphatic heterocycles. The summed E-state index contributed by atoms with van der Waals surface area (Å²) in [6, 6.07) is 0. The van der Waals surface area contributed by atoms with Crippen LogP contribution in [0.1, 0.15) is 0 Å². The van der Waals surface area contributed by atoms with Gasteiger partial charge in [0.1, 0.15) is 5.02 Å². The van der Waals surface area contributed by atoms with Crippen molar-refractivity contribution < 1.29 is 4.52 Å². The van der Waals surface area contributed by atoms with Crippen molar-refractivity contribution >= 4 is 29.2 Å². The lowest BCUT2D eigenvalue weighted by Gasteiger charge is -1.82. The maximum absolute atomic E-state index is 5.61. The van der Waals surface area contributed by atoms with Crippen LogP contribution in [0.5, 0.6) is 0 Å². The molecule has 3 nitrogen and oxygen atoms in total. The van der Waals surface area contributed by atoms with E-state index in [1.165, 1.54) is 11.8 Å². The summed E-state index contributed by atoms with van der Waals surface area (Å²) < 4.78 is 4.56. The molecule has 0 fully saturated rings. The number of aromatic nitrogens is 1. The zero-order valence-electron chi connectivity index (χ0n) is 4.72. The van der Waals surface area contributed by atoms with Crippen LogP contribution in [0.25, 0.3) is 0 Å². The first-order chi connectivity index (χ1) is 4.25. The molecule has 0 aliphatic rings. The molecule has 0 saturated heterocycles. The van der Waals surface area contributed by atoms with Crippen molar-refractivity contribution in [1.82, 2.24) is 5.16 Å². The largest absolute Gasteiger partial charge is 0.366 e. The maximum atomic E-state index is 5.61. The molecule has 5 heteroatoms. The van der Waals surface area contributed by atoms with Crippen molar-refractivity contribution in [3.05, 3.63) is 5.02 Å². The molecule has 2 N–H and O–H groups in total. The summed E-state index contributed by atoms with van der Waals surface area (Å²) in [5.41, 5.74) is 5.24. The predicted molar refractivity (Wildman–Crippen MR) is 37.7 cm³/mol. The summed E-state index contributed by atoms with van der Waals surface area (Å²) in [7, 11) is 0. The standard InChI is InChI=1S/C4H5ClN2OS/c1-9-4-2(5)3(6)8-7-4/h6H2,1H3. The van der Waals surface area contributed by atoms with Gasteiger partial charge >= 0.3 is 0 Å². The summed E-state index contributed by atoms with van der Waals surface area (Å²) in [5.74, 6) is 0.181. The van der Waals surface area contributed by atoms with Crippen LogP contribution in [0.3, 0.4) is 0 Å². The molecule has 0 amide bonds. The van der Waals surface area contributed by atoms with E-state index in [9.17, 15) is 0 Å². The van der Waals surface area contributed by atoms with Crippen molar-refractivity contribution in [2.24, 2.45) is 0 Å². The normalized spacial score (nSPS) is 10.0. The molecule has 1 aromatic heterocycles. The van der Waals surface area contributed by atoms with E-state index >= 15 is 0 Å². The quantitative estimate of drug-likeness (QED) is 0.641. The van der Waals surface area contributed by atoms with Gasteiger partial charge in [-0.25, -0.2) is 0 Å². The first-order valence-electron chi connectivity index (χ1n) is 2.20. The van der Waals surface area contributed by atoms with E-state index in [0.29, 0.717) is 10.0 Å². The minimum absolute atomic E-state index is 0.181. The van der Waals surface area contributed by atoms with Gasteiger partial charge in [0, 0.05) is 0 Å². The van der Waals surface area contributed by atoms with Gasteiger partial charge < -0.3 is 10.3 Å². The van der Waals surface area contributed by atoms with Gasteiger partial charge in [0.05, 0.1) is 0 Å². The van der Waals surface area contributed by atoms with Crippen LogP contribution in [0, 0.1) is 0 Å². The van der Waals surface area contributed by atoms with Crippen LogP contribution in [0.2, 0.25) is 5.02 Å². The Bertz CT molecular complexity index is 212. The number of halogens is 1. The molecule has 50 valence electrons. The number of nitrogen functional groups attached to an aromatic ring is 1. The average Bonchev–Trinajstić information content (AvgIpc) is 2.15. The van der Waals surface area contributed by atoms with Gasteiger partial charge in [-0.1, -0.05) is 16.8 Å². The Morgan fingerprint density at radius 1 is 1.78 bits per heavy atom. The average molecular weight is 165 g/mol. The molecule has 0 aliphatic carbocycles. The van der Waals surface area contributed by atoms with E-state index in [0.717, 1.165) is 0 Å². The van der Waals surface area contributed by atoms with Gasteiger partial charge in [-0.15, -0.1) is 11.8 Å². The van der Waals surface area contributed by atoms with Crippen LogP contribution in [-0.4, -0.2) is 11.4 Å². The Balaban J connectivity index is 3.04. The molecule has 0 unspecified atom stereocenters. The highest BCUT2D eigenvalue weighted by Crippen LogP contribution is 2.28. The highest BCUT2D eigenvalue weighted by molar-refractivity contribution is 7.98. The highest BCUT2D eigenvalue weighted by atomic mass is 35.5. The number of anilines is 1. The number of nitrogens with two attached hydrogens (primary N) is 1. The lowest BCUT2D eigenvalue weighted by atomic mass is 10.7. The zero-order chi connectivity index (χ0) is 6.85. The summed E-state index contributed by atoms with van der Waals surface area (Å²) in [6.45, 7) is 0. The Kier molecular flexibility index (Phi) is 1.87. The van der Waals surface area contributed by atoms with Crippen molar-refractivity contribution in [3.63, 3.8) is 0 Å². The molecule has 1 heterocycles. The second-order valence-electron chi connectivity index (χ2n) is 1.37. The van der Waals surface area contributed by atoms with E-state index in [1.807, 2.05) is 6.26 Å². The number of thioether (sulfide) groups is 1. The van der Waals surface area contributed by atoms with Gasteiger partial charge in [0.2, 0.25) is 5.88 Å². The Labute approximate surface area is 61.5 Å². The van der Waals surface area contributed by atoms with Gasteiger partial charge in [-0.2, -0.15) is 0 Å². The molecular formula is C4H5ClN2OS. The highest BCUT2D eigenvalue weighted by Gasteiger charge is 2.08. The van der Waals surface area contributed by atoms with E-state index in [2.05, 4.69) is 9.68 Å². The second-order valence-corrected chi connectivity index (χ2v) is 2.54. The van der Waals surface area contributed by atoms with Crippen LogP contribution in [0.15, 0.2) is 9.55 Å². The summed E-state index contributed by atoms with van der Waals surface area (Å²) in [4.78, 5) is 0. The predicted octanol–water partition coefficient (Wildman–Crippen LogP) is 1.63. The van der Waals surface area contributed by atoms with Crippen LogP contribution >= 0.6 is 23.4 Å². The number of nitrogens with zero attached hydrogens (tertiary/aromatic N) is 1. The number of hydrogen-bond donors (Lipinski definition) is 1. The Hall–Kier alpha value is -0.350. The molecule has 0 atom stereocenters. The molecule has 9 heavy (non-hydrogen) atoms. The van der Waals surface area contributed by atoms with Gasteiger partial charge in [0.25, 0.3) is 0 Å². The third-order valence-corrected chi connectivity index (χ3v) is 1.97. The maximum Gasteiger partial charge on any atom is 0.242 e. The zero-order valence-corrected chi connectivity index (χ0v) is 6.29. The smallest absolute Gasteiger partial charge is 0.242 e. The third-order valence-electron chi connectivity index (χ3n) is 0.824. The fourth-order valence-electron chi connectivity index (χ4n) is 0.403. The van der Waals surface area contributed by atoms with E-state index < -0.39 is 0 Å². The van der Waals surface area contributed by atoms with E-state index in [-0.39, 0.29) is 5.88 Å². The Morgan fingerprint density at radius 3 is 2.67 bits per heavy atom. The first kappa shape index (κ1) is 6.77. The van der Waals surface area contributed by atoms with Gasteiger partial charge in [-0.05, 0) is 6.26 Å². The van der Waals surface area contributed by atoms with Gasteiger partial charge in [0.15, 0.2) is 5.03 Å². The van der Waals surface area contributed by atoms with Gasteiger partial charge in [-0.3, -0.25) is 0 Å². The lowest BCUT2D eigenvalue weighted by Crippen LogP contribution is -1.78. The molecule has 1 aromatic rings. The molecule has 0 spiro atoms. The minimum atomic E-state index is 0.181. The Morgan fingerprint density at radius 2 is 2.44 bits per heavy atom. The summed E-state index contributed by atoms with van der Waals surface area (Å²) in [6.07, 6.45) is 1.85. The lowest BCUT2D eigenvalue weighted by molar-refractivity contribution is 0.419. The van der Waals surface area contributed by atoms with Crippen molar-refractivity contribution in [3.8, 4) is 0 Å². The second kappa shape index (κ2) is 2.49. The number of rotatable bonds is 1. The number of hydrogen-bond acceptors (Lipinski definition) is 4. The van der Waals surface area contributed by atoms with Crippen molar-refractivity contribution in [2.75, 3.05) is 12.0 Å². The van der Waals surface area contributed by atoms with E-state index in [4.69, 9.17) is 17.3 Å². The van der Waals surface area contributed by atoms with Crippen molar-refractivity contribution in [2.45, 2.75) is 5.03 Å². The van der Waals surface area contributed by atoms with Crippen LogP contribution in [-0.2, 0) is 0 Å². The molecule has 0 aromatic carbocycles. The van der Waals surface area contributed by atoms with Crippen molar-refractivity contribution in [1.29, 1.82) is 0 Å². The summed E-state index contributed by atoms with van der Waals surface area (Å²) in [5, 5.41) is 4.60. The summed E-state index contributed by atoms with van der Waals surface area (Å²) >= 11 is 7.01. The molecule has 1 rings (SSSR count). The van der Waals surface area contributed by atoms with Crippen LogP contribution in [0.4, 0.5) is 5.88 Å². The fourth-order valence-corrected chi connectivity index (χ4v) is 1.10. The monoisotopic (exact) mass is 164 g/mol. The first-order valence-corrected chi connectivity index (χ1v) is 3.80. The molecule has 0 saturated carbocycles. The van der Waals surface area contributed by atoms with Crippen LogP contribution < -0.4 is 5.73 Å².